The molecule has 1 heterocycles. The Bertz CT molecular complexity index is 830. The summed E-state index contributed by atoms with van der Waals surface area (Å²) in [6.45, 7) is 2.34. The third-order valence-corrected chi connectivity index (χ3v) is 5.03. The lowest BCUT2D eigenvalue weighted by Crippen LogP contribution is -2.23. The molecular weight excluding hydrogens is 445 g/mol. The quantitative estimate of drug-likeness (QED) is 0.293. The topological polar surface area (TPSA) is 70.6 Å². The number of aliphatic imine (C=N–C) groups is 1. The van der Waals surface area contributed by atoms with Gasteiger partial charge in [0.25, 0.3) is 0 Å². The van der Waals surface area contributed by atoms with E-state index in [1.807, 2.05) is 42.5 Å². The largest absolute Gasteiger partial charge is 0.386 e. The number of anilines is 1. The van der Waals surface area contributed by atoms with Crippen LogP contribution in [0.3, 0.4) is 0 Å². The van der Waals surface area contributed by atoms with Crippen LogP contribution in [0, 0.1) is 0 Å². The van der Waals surface area contributed by atoms with Gasteiger partial charge >= 0.3 is 0 Å². The molecule has 0 spiro atoms. The van der Waals surface area contributed by atoms with Gasteiger partial charge in [-0.05, 0) is 41.6 Å². The van der Waals surface area contributed by atoms with Crippen LogP contribution in [0.4, 0.5) is 5.69 Å². The average Bonchev–Trinajstić information content (AvgIpc) is 3.04. The molecule has 132 valence electrons. The summed E-state index contributed by atoms with van der Waals surface area (Å²) in [5.41, 5.74) is 8.07. The van der Waals surface area contributed by atoms with Crippen LogP contribution in [0.15, 0.2) is 59.6 Å². The van der Waals surface area contributed by atoms with E-state index in [1.54, 1.807) is 11.3 Å². The van der Waals surface area contributed by atoms with Crippen LogP contribution >= 0.6 is 35.3 Å². The fourth-order valence-corrected chi connectivity index (χ4v) is 3.54. The number of halogens is 1. The second-order valence-electron chi connectivity index (χ2n) is 5.61. The van der Waals surface area contributed by atoms with Crippen LogP contribution in [0.25, 0.3) is 10.1 Å². The zero-order valence-electron chi connectivity index (χ0n) is 14.0. The first-order valence-corrected chi connectivity index (χ1v) is 8.80. The normalized spacial score (nSPS) is 12.6. The van der Waals surface area contributed by atoms with Crippen LogP contribution in [-0.2, 0) is 6.42 Å². The average molecular weight is 467 g/mol. The molecule has 4 N–H and O–H groups in total. The van der Waals surface area contributed by atoms with E-state index in [-0.39, 0.29) is 30.5 Å². The molecule has 6 heteroatoms. The van der Waals surface area contributed by atoms with Gasteiger partial charge < -0.3 is 16.2 Å². The van der Waals surface area contributed by atoms with Crippen molar-refractivity contribution in [2.24, 2.45) is 10.7 Å². The van der Waals surface area contributed by atoms with Gasteiger partial charge in [0.15, 0.2) is 5.96 Å². The minimum atomic E-state index is -0.648. The summed E-state index contributed by atoms with van der Waals surface area (Å²) in [7, 11) is 0. The van der Waals surface area contributed by atoms with Crippen molar-refractivity contribution in [3.05, 3.63) is 65.0 Å². The van der Waals surface area contributed by atoms with E-state index in [0.29, 0.717) is 5.96 Å². The molecule has 0 aliphatic rings. The minimum Gasteiger partial charge on any atom is -0.386 e. The summed E-state index contributed by atoms with van der Waals surface area (Å²) in [6.07, 6.45) is 0.321. The maximum absolute atomic E-state index is 10.3. The Hall–Kier alpha value is -1.64. The van der Waals surface area contributed by atoms with Gasteiger partial charge in [0.2, 0.25) is 0 Å². The summed E-state index contributed by atoms with van der Waals surface area (Å²) in [5.74, 6) is 0.309. The third kappa shape index (κ3) is 5.17. The number of hydrogen-bond donors (Lipinski definition) is 3. The predicted octanol–water partition coefficient (Wildman–Crippen LogP) is 4.54. The second-order valence-corrected chi connectivity index (χ2v) is 6.72. The first-order valence-electron chi connectivity index (χ1n) is 7.98. The molecule has 3 aromatic rings. The number of fused-ring (bicyclic) bond motifs is 1. The summed E-state index contributed by atoms with van der Waals surface area (Å²) in [4.78, 5) is 5.16. The summed E-state index contributed by atoms with van der Waals surface area (Å²) in [6, 6.07) is 18.2. The molecule has 25 heavy (non-hydrogen) atoms. The molecule has 4 nitrogen and oxygen atoms in total. The summed E-state index contributed by atoms with van der Waals surface area (Å²) in [5, 5.41) is 14.6. The predicted molar refractivity (Wildman–Crippen MR) is 118 cm³/mol. The van der Waals surface area contributed by atoms with Crippen LogP contribution in [0.5, 0.6) is 0 Å². The molecule has 0 fully saturated rings. The lowest BCUT2D eigenvalue weighted by atomic mass is 10.1. The van der Waals surface area contributed by atoms with Crippen LogP contribution < -0.4 is 11.1 Å². The van der Waals surface area contributed by atoms with Crippen LogP contribution in [0.2, 0.25) is 0 Å². The zero-order chi connectivity index (χ0) is 16.9. The first kappa shape index (κ1) is 19.7. The van der Waals surface area contributed by atoms with E-state index in [2.05, 4.69) is 29.4 Å². The van der Waals surface area contributed by atoms with Gasteiger partial charge in [-0.3, -0.25) is 4.99 Å². The molecule has 0 saturated heterocycles. The Kier molecular flexibility index (Phi) is 7.22. The fraction of sp³-hybridized carbons (Fsp3) is 0.211. The molecule has 0 aliphatic heterocycles. The number of rotatable bonds is 5. The highest BCUT2D eigenvalue weighted by Crippen LogP contribution is 2.29. The highest BCUT2D eigenvalue weighted by Gasteiger charge is 2.11. The SMILES string of the molecule is CCc1cccc(NC(N)=NCC(O)c2cc3ccccc3s2)c1.I. The lowest BCUT2D eigenvalue weighted by molar-refractivity contribution is 0.191. The number of nitrogens with two attached hydrogens (primary N) is 1. The van der Waals surface area contributed by atoms with E-state index in [4.69, 9.17) is 5.73 Å². The highest BCUT2D eigenvalue weighted by atomic mass is 127. The number of hydrogen-bond acceptors (Lipinski definition) is 3. The van der Waals surface area contributed by atoms with Crippen LogP contribution in [0.1, 0.15) is 23.5 Å². The lowest BCUT2D eigenvalue weighted by Gasteiger charge is -2.09. The Labute approximate surface area is 168 Å². The maximum atomic E-state index is 10.3. The molecule has 0 aliphatic carbocycles. The number of aliphatic hydroxyl groups is 1. The molecule has 0 saturated carbocycles. The van der Waals surface area contributed by atoms with Crippen molar-refractivity contribution in [3.63, 3.8) is 0 Å². The summed E-state index contributed by atoms with van der Waals surface area (Å²) >= 11 is 1.59. The number of nitrogens with one attached hydrogen (secondary N) is 1. The molecule has 2 aromatic carbocycles. The van der Waals surface area contributed by atoms with Gasteiger partial charge in [-0.2, -0.15) is 0 Å². The smallest absolute Gasteiger partial charge is 0.193 e. The van der Waals surface area contributed by atoms with E-state index in [0.717, 1.165) is 27.1 Å². The van der Waals surface area contributed by atoms with Gasteiger partial charge in [0.1, 0.15) is 6.10 Å². The second kappa shape index (κ2) is 9.17. The first-order chi connectivity index (χ1) is 11.7. The number of aliphatic hydroxyl groups excluding tert-OH is 1. The minimum absolute atomic E-state index is 0. The van der Waals surface area contributed by atoms with Crippen molar-refractivity contribution in [2.45, 2.75) is 19.4 Å². The van der Waals surface area contributed by atoms with Gasteiger partial charge in [-0.1, -0.05) is 37.3 Å². The van der Waals surface area contributed by atoms with Crippen molar-refractivity contribution in [1.29, 1.82) is 0 Å². The van der Waals surface area contributed by atoms with E-state index in [1.165, 1.54) is 5.56 Å². The van der Waals surface area contributed by atoms with Crippen molar-refractivity contribution >= 4 is 57.0 Å². The molecule has 0 bridgehead atoms. The van der Waals surface area contributed by atoms with Gasteiger partial charge in [0, 0.05) is 15.3 Å². The molecule has 0 radical (unpaired) electrons. The zero-order valence-corrected chi connectivity index (χ0v) is 17.1. The van der Waals surface area contributed by atoms with Crippen molar-refractivity contribution in [1.82, 2.24) is 0 Å². The van der Waals surface area contributed by atoms with Gasteiger partial charge in [0.05, 0.1) is 6.54 Å². The Morgan fingerprint density at radius 2 is 2.00 bits per heavy atom. The number of aryl methyl sites for hydroxylation is 1. The Balaban J connectivity index is 0.00000225. The van der Waals surface area contributed by atoms with E-state index in [9.17, 15) is 5.11 Å². The fourth-order valence-electron chi connectivity index (χ4n) is 2.50. The highest BCUT2D eigenvalue weighted by molar-refractivity contribution is 14.0. The molecule has 1 atom stereocenters. The van der Waals surface area contributed by atoms with Crippen molar-refractivity contribution in [2.75, 3.05) is 11.9 Å². The molecular formula is C19H22IN3OS. The molecule has 1 unspecified atom stereocenters. The van der Waals surface area contributed by atoms with E-state index >= 15 is 0 Å². The van der Waals surface area contributed by atoms with Crippen LogP contribution in [-0.4, -0.2) is 17.6 Å². The maximum Gasteiger partial charge on any atom is 0.193 e. The number of benzene rings is 2. The number of nitrogens with zero attached hydrogens (tertiary/aromatic N) is 1. The van der Waals surface area contributed by atoms with E-state index < -0.39 is 6.10 Å². The molecule has 0 amide bonds. The number of guanidine groups is 1. The van der Waals surface area contributed by atoms with Crippen molar-refractivity contribution in [3.8, 4) is 0 Å². The number of thiophene rings is 1. The summed E-state index contributed by atoms with van der Waals surface area (Å²) < 4.78 is 1.16. The Morgan fingerprint density at radius 3 is 2.76 bits per heavy atom. The molecule has 1 aromatic heterocycles. The third-order valence-electron chi connectivity index (χ3n) is 3.82. The van der Waals surface area contributed by atoms with Gasteiger partial charge in [-0.25, -0.2) is 0 Å². The standard InChI is InChI=1S/C19H21N3OS.HI/c1-2-13-6-5-8-15(10-13)22-19(20)21-12-16(23)18-11-14-7-3-4-9-17(14)24-18;/h3-11,16,23H,2,12H2,1H3,(H3,20,21,22);1H. The Morgan fingerprint density at radius 1 is 1.20 bits per heavy atom. The van der Waals surface area contributed by atoms with Gasteiger partial charge in [-0.15, -0.1) is 35.3 Å². The van der Waals surface area contributed by atoms with Crippen molar-refractivity contribution < 1.29 is 5.11 Å². The molecule has 3 rings (SSSR count). The monoisotopic (exact) mass is 467 g/mol.